The fraction of sp³-hybridized carbons (Fsp3) is 0.812. The first-order chi connectivity index (χ1) is 10.1. The maximum atomic E-state index is 10.1. The van der Waals surface area contributed by atoms with Crippen LogP contribution in [-0.4, -0.2) is 47.8 Å². The van der Waals surface area contributed by atoms with E-state index in [-0.39, 0.29) is 6.10 Å². The fourth-order valence-electron chi connectivity index (χ4n) is 3.14. The highest BCUT2D eigenvalue weighted by molar-refractivity contribution is 7.15. The third kappa shape index (κ3) is 4.66. The number of aliphatic hydroxyl groups excluding tert-OH is 1. The smallest absolute Gasteiger partial charge is 0.185 e. The normalized spacial score (nSPS) is 22.7. The van der Waals surface area contributed by atoms with Crippen LogP contribution in [0.2, 0.25) is 0 Å². The Balaban J connectivity index is 1.86. The van der Waals surface area contributed by atoms with Gasteiger partial charge in [0.2, 0.25) is 0 Å². The van der Waals surface area contributed by atoms with E-state index in [9.17, 15) is 5.11 Å². The number of thiazole rings is 1. The molecule has 2 atom stereocenters. The topological polar surface area (TPSA) is 39.6 Å². The first kappa shape index (κ1) is 16.7. The summed E-state index contributed by atoms with van der Waals surface area (Å²) in [6.07, 6.45) is 6.50. The van der Waals surface area contributed by atoms with Crippen molar-refractivity contribution in [2.75, 3.05) is 31.6 Å². The third-order valence-electron chi connectivity index (χ3n) is 4.42. The molecular formula is C16H29N3OS. The number of anilines is 1. The first-order valence-electron chi connectivity index (χ1n) is 8.20. The lowest BCUT2D eigenvalue weighted by molar-refractivity contribution is 0.0503. The van der Waals surface area contributed by atoms with Crippen molar-refractivity contribution in [3.05, 3.63) is 11.1 Å². The lowest BCUT2D eigenvalue weighted by atomic mass is 9.86. The Hall–Kier alpha value is -0.650. The minimum Gasteiger partial charge on any atom is -0.393 e. The van der Waals surface area contributed by atoms with Gasteiger partial charge < -0.3 is 14.9 Å². The molecule has 4 nitrogen and oxygen atoms in total. The Morgan fingerprint density at radius 1 is 1.29 bits per heavy atom. The SMILES string of the molecule is CCN(CC)c1ncc(CN(C)CC2CCCCC2O)s1. The van der Waals surface area contributed by atoms with Gasteiger partial charge in [-0.05, 0) is 39.7 Å². The summed E-state index contributed by atoms with van der Waals surface area (Å²) in [6, 6.07) is 0. The molecular weight excluding hydrogens is 282 g/mol. The van der Waals surface area contributed by atoms with Crippen molar-refractivity contribution in [1.29, 1.82) is 0 Å². The summed E-state index contributed by atoms with van der Waals surface area (Å²) in [6.45, 7) is 8.27. The molecule has 1 saturated carbocycles. The average molecular weight is 311 g/mol. The van der Waals surface area contributed by atoms with Crippen molar-refractivity contribution in [2.24, 2.45) is 5.92 Å². The third-order valence-corrected chi connectivity index (χ3v) is 5.46. The Morgan fingerprint density at radius 3 is 2.67 bits per heavy atom. The summed E-state index contributed by atoms with van der Waals surface area (Å²) < 4.78 is 0. The quantitative estimate of drug-likeness (QED) is 0.840. The maximum absolute atomic E-state index is 10.1. The highest BCUT2D eigenvalue weighted by atomic mass is 32.1. The van der Waals surface area contributed by atoms with Crippen molar-refractivity contribution >= 4 is 16.5 Å². The predicted molar refractivity (Wildman–Crippen MR) is 90.0 cm³/mol. The first-order valence-corrected chi connectivity index (χ1v) is 9.02. The molecule has 0 bridgehead atoms. The van der Waals surface area contributed by atoms with Gasteiger partial charge in [0.25, 0.3) is 0 Å². The van der Waals surface area contributed by atoms with E-state index < -0.39 is 0 Å². The van der Waals surface area contributed by atoms with E-state index in [1.165, 1.54) is 24.1 Å². The van der Waals surface area contributed by atoms with E-state index in [1.54, 1.807) is 11.3 Å². The zero-order valence-corrected chi connectivity index (χ0v) is 14.4. The average Bonchev–Trinajstić information content (AvgIpc) is 2.91. The van der Waals surface area contributed by atoms with E-state index in [4.69, 9.17) is 0 Å². The summed E-state index contributed by atoms with van der Waals surface area (Å²) in [5.74, 6) is 0.443. The molecule has 1 heterocycles. The molecule has 0 saturated heterocycles. The molecule has 0 radical (unpaired) electrons. The zero-order chi connectivity index (χ0) is 15.2. The maximum Gasteiger partial charge on any atom is 0.185 e. The minimum atomic E-state index is -0.103. The molecule has 1 aromatic rings. The summed E-state index contributed by atoms with van der Waals surface area (Å²) in [5, 5.41) is 11.2. The molecule has 0 spiro atoms. The molecule has 1 aliphatic rings. The molecule has 1 fully saturated rings. The van der Waals surface area contributed by atoms with Crippen LogP contribution in [0, 0.1) is 5.92 Å². The Labute approximate surface area is 132 Å². The lowest BCUT2D eigenvalue weighted by Gasteiger charge is -2.31. The van der Waals surface area contributed by atoms with Gasteiger partial charge in [-0.3, -0.25) is 0 Å². The molecule has 0 amide bonds. The second-order valence-corrected chi connectivity index (χ2v) is 7.18. The van der Waals surface area contributed by atoms with Gasteiger partial charge in [-0.25, -0.2) is 4.98 Å². The van der Waals surface area contributed by atoms with Crippen molar-refractivity contribution in [3.63, 3.8) is 0 Å². The van der Waals surface area contributed by atoms with E-state index >= 15 is 0 Å². The number of rotatable bonds is 7. The molecule has 1 aliphatic carbocycles. The van der Waals surface area contributed by atoms with E-state index in [0.29, 0.717) is 5.92 Å². The molecule has 0 aromatic carbocycles. The van der Waals surface area contributed by atoms with Gasteiger partial charge in [-0.15, -0.1) is 11.3 Å². The predicted octanol–water partition coefficient (Wildman–Crippen LogP) is 2.97. The van der Waals surface area contributed by atoms with Gasteiger partial charge in [0, 0.05) is 37.3 Å². The van der Waals surface area contributed by atoms with Crippen LogP contribution in [0.3, 0.4) is 0 Å². The highest BCUT2D eigenvalue weighted by Gasteiger charge is 2.24. The fourth-order valence-corrected chi connectivity index (χ4v) is 4.26. The van der Waals surface area contributed by atoms with Gasteiger partial charge in [-0.2, -0.15) is 0 Å². The van der Waals surface area contributed by atoms with E-state index in [2.05, 4.69) is 35.7 Å². The molecule has 1 aromatic heterocycles. The van der Waals surface area contributed by atoms with Crippen molar-refractivity contribution < 1.29 is 5.11 Å². The van der Waals surface area contributed by atoms with Gasteiger partial charge in [-0.1, -0.05) is 12.8 Å². The molecule has 120 valence electrons. The lowest BCUT2D eigenvalue weighted by Crippen LogP contribution is -2.34. The van der Waals surface area contributed by atoms with Gasteiger partial charge in [0.1, 0.15) is 0 Å². The van der Waals surface area contributed by atoms with Crippen LogP contribution in [0.4, 0.5) is 5.13 Å². The second kappa shape index (κ2) is 8.11. The number of hydrogen-bond acceptors (Lipinski definition) is 5. The highest BCUT2D eigenvalue weighted by Crippen LogP contribution is 2.27. The van der Waals surface area contributed by atoms with Gasteiger partial charge >= 0.3 is 0 Å². The molecule has 0 aliphatic heterocycles. The standard InChI is InChI=1S/C16H29N3OS/c1-4-19(5-2)16-17-10-14(21-16)12-18(3)11-13-8-6-7-9-15(13)20/h10,13,15,20H,4-9,11-12H2,1-3H3. The number of hydrogen-bond donors (Lipinski definition) is 1. The van der Waals surface area contributed by atoms with Crippen LogP contribution in [0.25, 0.3) is 0 Å². The minimum absolute atomic E-state index is 0.103. The van der Waals surface area contributed by atoms with Crippen LogP contribution in [-0.2, 0) is 6.54 Å². The Bertz CT molecular complexity index is 419. The van der Waals surface area contributed by atoms with Crippen LogP contribution in [0.1, 0.15) is 44.4 Å². The Kier molecular flexibility index (Phi) is 6.45. The summed E-state index contributed by atoms with van der Waals surface area (Å²) >= 11 is 1.79. The summed E-state index contributed by atoms with van der Waals surface area (Å²) in [5.41, 5.74) is 0. The monoisotopic (exact) mass is 311 g/mol. The number of aliphatic hydroxyl groups is 1. The molecule has 2 rings (SSSR count). The van der Waals surface area contributed by atoms with Crippen molar-refractivity contribution in [1.82, 2.24) is 9.88 Å². The zero-order valence-electron chi connectivity index (χ0n) is 13.6. The van der Waals surface area contributed by atoms with Crippen LogP contribution >= 0.6 is 11.3 Å². The van der Waals surface area contributed by atoms with Gasteiger partial charge in [0.05, 0.1) is 6.10 Å². The largest absolute Gasteiger partial charge is 0.393 e. The molecule has 5 heteroatoms. The van der Waals surface area contributed by atoms with Crippen LogP contribution in [0.5, 0.6) is 0 Å². The second-order valence-electron chi connectivity index (χ2n) is 6.09. The van der Waals surface area contributed by atoms with Crippen LogP contribution < -0.4 is 4.90 Å². The van der Waals surface area contributed by atoms with Crippen molar-refractivity contribution in [2.45, 2.75) is 52.2 Å². The van der Waals surface area contributed by atoms with E-state index in [0.717, 1.165) is 37.7 Å². The van der Waals surface area contributed by atoms with E-state index in [1.807, 2.05) is 6.20 Å². The molecule has 21 heavy (non-hydrogen) atoms. The molecule has 1 N–H and O–H groups in total. The van der Waals surface area contributed by atoms with Crippen molar-refractivity contribution in [3.8, 4) is 0 Å². The Morgan fingerprint density at radius 2 is 2.00 bits per heavy atom. The summed E-state index contributed by atoms with van der Waals surface area (Å²) in [4.78, 5) is 10.5. The number of nitrogens with zero attached hydrogens (tertiary/aromatic N) is 3. The summed E-state index contributed by atoms with van der Waals surface area (Å²) in [7, 11) is 2.15. The molecule has 2 unspecified atom stereocenters. The van der Waals surface area contributed by atoms with Crippen LogP contribution in [0.15, 0.2) is 6.20 Å². The number of aromatic nitrogens is 1. The van der Waals surface area contributed by atoms with Gasteiger partial charge in [0.15, 0.2) is 5.13 Å².